The summed E-state index contributed by atoms with van der Waals surface area (Å²) < 4.78 is 10.9. The first-order valence-electron chi connectivity index (χ1n) is 11.0. The second-order valence-corrected chi connectivity index (χ2v) is 7.85. The fraction of sp³-hybridized carbons (Fsp3) is 0.440. The molecule has 1 N–H and O–H groups in total. The fourth-order valence-corrected chi connectivity index (χ4v) is 3.84. The Hall–Kier alpha value is -3.02. The predicted octanol–water partition coefficient (Wildman–Crippen LogP) is 3.84. The van der Waals surface area contributed by atoms with Crippen LogP contribution in [0.25, 0.3) is 0 Å². The molecular formula is C25H32N2O4. The van der Waals surface area contributed by atoms with E-state index in [4.69, 9.17) is 9.47 Å². The van der Waals surface area contributed by atoms with Gasteiger partial charge in [0, 0.05) is 18.2 Å². The smallest absolute Gasteiger partial charge is 0.251 e. The number of carbonyl (C=O) groups is 2. The maximum absolute atomic E-state index is 12.8. The van der Waals surface area contributed by atoms with E-state index >= 15 is 0 Å². The SMILES string of the molecule is CCCCOc1ccc(C(=O)NCC(=O)N2CCCC2Cc2cccc(OC)c2)cc1. The Bertz CT molecular complexity index is 866. The maximum atomic E-state index is 12.8. The van der Waals surface area contributed by atoms with Gasteiger partial charge in [-0.15, -0.1) is 0 Å². The molecular weight excluding hydrogens is 392 g/mol. The minimum atomic E-state index is -0.253. The quantitative estimate of drug-likeness (QED) is 0.589. The molecule has 1 aliphatic heterocycles. The molecule has 0 saturated carbocycles. The molecule has 0 aliphatic carbocycles. The normalized spacial score (nSPS) is 15.5. The standard InChI is InChI=1S/C25H32N2O4/c1-3-4-15-31-22-12-10-20(11-13-22)25(29)26-18-24(28)27-14-6-8-21(27)16-19-7-5-9-23(17-19)30-2/h5,7,9-13,17,21H,3-4,6,8,14-16,18H2,1-2H3,(H,26,29). The van der Waals surface area contributed by atoms with Crippen molar-refractivity contribution in [1.82, 2.24) is 10.2 Å². The van der Waals surface area contributed by atoms with Gasteiger partial charge in [-0.3, -0.25) is 9.59 Å². The van der Waals surface area contributed by atoms with Gasteiger partial charge in [0.25, 0.3) is 5.91 Å². The Labute approximate surface area is 184 Å². The molecule has 0 bridgehead atoms. The Kier molecular flexibility index (Phi) is 8.33. The van der Waals surface area contributed by atoms with Gasteiger partial charge in [-0.2, -0.15) is 0 Å². The number of nitrogens with one attached hydrogen (secondary N) is 1. The lowest BCUT2D eigenvalue weighted by Crippen LogP contribution is -2.43. The first kappa shape index (κ1) is 22.7. The summed E-state index contributed by atoms with van der Waals surface area (Å²) in [5.74, 6) is 1.27. The van der Waals surface area contributed by atoms with Crippen molar-refractivity contribution in [2.75, 3.05) is 26.8 Å². The zero-order valence-corrected chi connectivity index (χ0v) is 18.4. The zero-order chi connectivity index (χ0) is 22.1. The molecule has 166 valence electrons. The maximum Gasteiger partial charge on any atom is 0.251 e. The van der Waals surface area contributed by atoms with Gasteiger partial charge in [0.1, 0.15) is 11.5 Å². The second-order valence-electron chi connectivity index (χ2n) is 7.85. The lowest BCUT2D eigenvalue weighted by atomic mass is 10.0. The summed E-state index contributed by atoms with van der Waals surface area (Å²) >= 11 is 0. The van der Waals surface area contributed by atoms with Crippen molar-refractivity contribution in [2.45, 2.75) is 45.1 Å². The molecule has 1 heterocycles. The third-order valence-electron chi connectivity index (χ3n) is 5.59. The van der Waals surface area contributed by atoms with Gasteiger partial charge in [0.15, 0.2) is 0 Å². The summed E-state index contributed by atoms with van der Waals surface area (Å²) in [6, 6.07) is 15.1. The van der Waals surface area contributed by atoms with E-state index in [0.717, 1.165) is 55.7 Å². The molecule has 2 aromatic rings. The highest BCUT2D eigenvalue weighted by Gasteiger charge is 2.28. The number of ether oxygens (including phenoxy) is 2. The van der Waals surface area contributed by atoms with Crippen LogP contribution in [0.2, 0.25) is 0 Å². The Morgan fingerprint density at radius 1 is 1.13 bits per heavy atom. The van der Waals surface area contributed by atoms with Crippen molar-refractivity contribution in [1.29, 1.82) is 0 Å². The van der Waals surface area contributed by atoms with Gasteiger partial charge in [0.2, 0.25) is 5.91 Å². The monoisotopic (exact) mass is 424 g/mol. The number of nitrogens with zero attached hydrogens (tertiary/aromatic N) is 1. The molecule has 3 rings (SSSR count). The summed E-state index contributed by atoms with van der Waals surface area (Å²) in [5.41, 5.74) is 1.67. The molecule has 1 aliphatic rings. The van der Waals surface area contributed by atoms with Crippen LogP contribution >= 0.6 is 0 Å². The van der Waals surface area contributed by atoms with E-state index in [1.165, 1.54) is 0 Å². The minimum absolute atomic E-state index is 0.00218. The highest BCUT2D eigenvalue weighted by molar-refractivity contribution is 5.96. The van der Waals surface area contributed by atoms with Gasteiger partial charge < -0.3 is 19.7 Å². The van der Waals surface area contributed by atoms with Gasteiger partial charge in [-0.25, -0.2) is 0 Å². The van der Waals surface area contributed by atoms with Crippen molar-refractivity contribution in [3.05, 3.63) is 59.7 Å². The van der Waals surface area contributed by atoms with Crippen LogP contribution in [0.4, 0.5) is 0 Å². The number of rotatable bonds is 10. The molecule has 2 aromatic carbocycles. The number of likely N-dealkylation sites (tertiary alicyclic amines) is 1. The Morgan fingerprint density at radius 2 is 1.94 bits per heavy atom. The second kappa shape index (κ2) is 11.4. The topological polar surface area (TPSA) is 67.9 Å². The number of amides is 2. The molecule has 1 atom stereocenters. The van der Waals surface area contributed by atoms with Crippen LogP contribution in [0.1, 0.15) is 48.5 Å². The molecule has 1 saturated heterocycles. The van der Waals surface area contributed by atoms with Crippen LogP contribution in [-0.4, -0.2) is 49.6 Å². The Morgan fingerprint density at radius 3 is 2.68 bits per heavy atom. The van der Waals surface area contributed by atoms with E-state index in [0.29, 0.717) is 12.2 Å². The van der Waals surface area contributed by atoms with Gasteiger partial charge in [0.05, 0.1) is 20.3 Å². The number of benzene rings is 2. The highest BCUT2D eigenvalue weighted by atomic mass is 16.5. The third kappa shape index (κ3) is 6.48. The van der Waals surface area contributed by atoms with Crippen molar-refractivity contribution in [3.8, 4) is 11.5 Å². The summed E-state index contributed by atoms with van der Waals surface area (Å²) in [7, 11) is 1.65. The largest absolute Gasteiger partial charge is 0.497 e. The lowest BCUT2D eigenvalue weighted by molar-refractivity contribution is -0.130. The van der Waals surface area contributed by atoms with Crippen LogP contribution in [0.15, 0.2) is 48.5 Å². The minimum Gasteiger partial charge on any atom is -0.497 e. The van der Waals surface area contributed by atoms with Crippen LogP contribution in [0, 0.1) is 0 Å². The van der Waals surface area contributed by atoms with E-state index in [9.17, 15) is 9.59 Å². The average molecular weight is 425 g/mol. The number of unbranched alkanes of at least 4 members (excludes halogenated alkanes) is 1. The highest BCUT2D eigenvalue weighted by Crippen LogP contribution is 2.23. The van der Waals surface area contributed by atoms with Crippen molar-refractivity contribution >= 4 is 11.8 Å². The number of hydrogen-bond donors (Lipinski definition) is 1. The van der Waals surface area contributed by atoms with Crippen molar-refractivity contribution in [2.24, 2.45) is 0 Å². The van der Waals surface area contributed by atoms with Gasteiger partial charge in [-0.1, -0.05) is 25.5 Å². The van der Waals surface area contributed by atoms with Crippen LogP contribution < -0.4 is 14.8 Å². The van der Waals surface area contributed by atoms with E-state index in [-0.39, 0.29) is 24.4 Å². The third-order valence-corrected chi connectivity index (χ3v) is 5.59. The average Bonchev–Trinajstić information content (AvgIpc) is 3.26. The molecule has 1 unspecified atom stereocenters. The summed E-state index contributed by atoms with van der Waals surface area (Å²) in [4.78, 5) is 27.1. The molecule has 6 heteroatoms. The molecule has 1 fully saturated rings. The molecule has 0 spiro atoms. The fourth-order valence-electron chi connectivity index (χ4n) is 3.84. The van der Waals surface area contributed by atoms with E-state index in [1.54, 1.807) is 31.4 Å². The zero-order valence-electron chi connectivity index (χ0n) is 18.4. The number of methoxy groups -OCH3 is 1. The first-order valence-corrected chi connectivity index (χ1v) is 11.0. The van der Waals surface area contributed by atoms with Gasteiger partial charge in [-0.05, 0) is 67.6 Å². The molecule has 6 nitrogen and oxygen atoms in total. The van der Waals surface area contributed by atoms with Crippen molar-refractivity contribution < 1.29 is 19.1 Å². The molecule has 0 aromatic heterocycles. The molecule has 2 amide bonds. The van der Waals surface area contributed by atoms with Crippen LogP contribution in [0.3, 0.4) is 0 Å². The summed E-state index contributed by atoms with van der Waals surface area (Å²) in [6.07, 6.45) is 4.81. The first-order chi connectivity index (χ1) is 15.1. The number of hydrogen-bond acceptors (Lipinski definition) is 4. The number of carbonyl (C=O) groups excluding carboxylic acids is 2. The molecule has 31 heavy (non-hydrogen) atoms. The van der Waals surface area contributed by atoms with Crippen molar-refractivity contribution in [3.63, 3.8) is 0 Å². The lowest BCUT2D eigenvalue weighted by Gasteiger charge is -2.25. The predicted molar refractivity (Wildman–Crippen MR) is 121 cm³/mol. The Balaban J connectivity index is 1.50. The van der Waals surface area contributed by atoms with E-state index in [2.05, 4.69) is 18.3 Å². The van der Waals surface area contributed by atoms with Crippen LogP contribution in [0.5, 0.6) is 11.5 Å². The summed E-state index contributed by atoms with van der Waals surface area (Å²) in [6.45, 7) is 3.51. The van der Waals surface area contributed by atoms with Crippen LogP contribution in [-0.2, 0) is 11.2 Å². The molecule has 0 radical (unpaired) electrons. The van der Waals surface area contributed by atoms with E-state index in [1.807, 2.05) is 23.1 Å². The van der Waals surface area contributed by atoms with E-state index < -0.39 is 0 Å². The van der Waals surface area contributed by atoms with Gasteiger partial charge >= 0.3 is 0 Å². The summed E-state index contributed by atoms with van der Waals surface area (Å²) in [5, 5.41) is 2.76.